The number of aromatic nitrogens is 3. The Balaban J connectivity index is 1.57. The first-order valence-corrected chi connectivity index (χ1v) is 9.00. The summed E-state index contributed by atoms with van der Waals surface area (Å²) in [5, 5.41) is 11.9. The maximum atomic E-state index is 12.7. The van der Waals surface area contributed by atoms with Crippen LogP contribution in [0.2, 0.25) is 5.02 Å². The van der Waals surface area contributed by atoms with Crippen molar-refractivity contribution in [3.8, 4) is 5.69 Å². The van der Waals surface area contributed by atoms with Gasteiger partial charge in [0.05, 0.1) is 41.5 Å². The molecule has 1 N–H and O–H groups in total. The van der Waals surface area contributed by atoms with Gasteiger partial charge in [-0.2, -0.15) is 9.90 Å². The summed E-state index contributed by atoms with van der Waals surface area (Å²) in [5.41, 5.74) is 2.45. The minimum Gasteiger partial charge on any atom is -0.378 e. The fraction of sp³-hybridized carbons (Fsp3) is 0.211. The predicted octanol–water partition coefficient (Wildman–Crippen LogP) is 3.01. The summed E-state index contributed by atoms with van der Waals surface area (Å²) in [5.74, 6) is -0.339. The van der Waals surface area contributed by atoms with Gasteiger partial charge in [0, 0.05) is 13.1 Å². The summed E-state index contributed by atoms with van der Waals surface area (Å²) >= 11 is 6.41. The molecule has 0 radical (unpaired) electrons. The van der Waals surface area contributed by atoms with Gasteiger partial charge in [-0.1, -0.05) is 35.9 Å². The molecule has 1 aliphatic rings. The van der Waals surface area contributed by atoms with Crippen molar-refractivity contribution < 1.29 is 9.53 Å². The fourth-order valence-electron chi connectivity index (χ4n) is 2.96. The lowest BCUT2D eigenvalue weighted by Crippen LogP contribution is -2.37. The second-order valence-corrected chi connectivity index (χ2v) is 6.45. The molecule has 2 aromatic carbocycles. The van der Waals surface area contributed by atoms with E-state index in [1.807, 2.05) is 48.5 Å². The van der Waals surface area contributed by atoms with Crippen LogP contribution in [-0.4, -0.2) is 47.2 Å². The molecule has 27 heavy (non-hydrogen) atoms. The topological polar surface area (TPSA) is 72.3 Å². The molecule has 1 aliphatic heterocycles. The van der Waals surface area contributed by atoms with E-state index in [2.05, 4.69) is 20.4 Å². The number of anilines is 2. The quantitative estimate of drug-likeness (QED) is 0.749. The predicted molar refractivity (Wildman–Crippen MR) is 104 cm³/mol. The zero-order valence-corrected chi connectivity index (χ0v) is 15.3. The third kappa shape index (κ3) is 3.79. The fourth-order valence-corrected chi connectivity index (χ4v) is 3.26. The summed E-state index contributed by atoms with van der Waals surface area (Å²) in [7, 11) is 0. The smallest absolute Gasteiger partial charge is 0.277 e. The zero-order chi connectivity index (χ0) is 18.6. The average Bonchev–Trinajstić information content (AvgIpc) is 3.20. The van der Waals surface area contributed by atoms with E-state index in [0.29, 0.717) is 23.9 Å². The first kappa shape index (κ1) is 17.5. The summed E-state index contributed by atoms with van der Waals surface area (Å²) in [6, 6.07) is 14.9. The Kier molecular flexibility index (Phi) is 5.04. The molecule has 0 saturated carbocycles. The lowest BCUT2D eigenvalue weighted by molar-refractivity contribution is 0.102. The monoisotopic (exact) mass is 383 g/mol. The van der Waals surface area contributed by atoms with Crippen LogP contribution in [0.15, 0.2) is 54.7 Å². The maximum absolute atomic E-state index is 12.7. The van der Waals surface area contributed by atoms with Gasteiger partial charge in [-0.05, 0) is 24.3 Å². The highest BCUT2D eigenvalue weighted by Gasteiger charge is 2.20. The highest BCUT2D eigenvalue weighted by atomic mass is 35.5. The molecular weight excluding hydrogens is 366 g/mol. The van der Waals surface area contributed by atoms with Crippen molar-refractivity contribution in [1.29, 1.82) is 0 Å². The van der Waals surface area contributed by atoms with Gasteiger partial charge in [0.25, 0.3) is 5.91 Å². The van der Waals surface area contributed by atoms with Gasteiger partial charge in [-0.25, -0.2) is 0 Å². The average molecular weight is 384 g/mol. The van der Waals surface area contributed by atoms with Crippen LogP contribution >= 0.6 is 11.6 Å². The van der Waals surface area contributed by atoms with E-state index in [-0.39, 0.29) is 11.6 Å². The molecule has 0 bridgehead atoms. The number of morpholine rings is 1. The highest BCUT2D eigenvalue weighted by Crippen LogP contribution is 2.34. The molecule has 1 saturated heterocycles. The van der Waals surface area contributed by atoms with Crippen LogP contribution in [0, 0.1) is 0 Å². The van der Waals surface area contributed by atoms with Gasteiger partial charge in [-0.3, -0.25) is 4.79 Å². The van der Waals surface area contributed by atoms with Crippen molar-refractivity contribution in [3.05, 3.63) is 65.4 Å². The molecule has 7 nitrogen and oxygen atoms in total. The number of para-hydroxylation sites is 2. The van der Waals surface area contributed by atoms with E-state index in [4.69, 9.17) is 16.3 Å². The number of carbonyl (C=O) groups excluding carboxylic acids is 1. The van der Waals surface area contributed by atoms with Crippen LogP contribution in [0.4, 0.5) is 11.4 Å². The van der Waals surface area contributed by atoms with Crippen molar-refractivity contribution in [2.75, 3.05) is 36.5 Å². The van der Waals surface area contributed by atoms with Crippen LogP contribution in [-0.2, 0) is 4.74 Å². The van der Waals surface area contributed by atoms with Crippen molar-refractivity contribution in [3.63, 3.8) is 0 Å². The first-order chi connectivity index (χ1) is 13.2. The summed E-state index contributed by atoms with van der Waals surface area (Å²) in [4.78, 5) is 16.2. The summed E-state index contributed by atoms with van der Waals surface area (Å²) in [6.07, 6.45) is 1.45. The Bertz CT molecular complexity index is 938. The van der Waals surface area contributed by atoms with Crippen LogP contribution in [0.1, 0.15) is 10.5 Å². The number of rotatable bonds is 4. The van der Waals surface area contributed by atoms with E-state index < -0.39 is 0 Å². The first-order valence-electron chi connectivity index (χ1n) is 8.63. The molecule has 138 valence electrons. The van der Waals surface area contributed by atoms with Crippen molar-refractivity contribution in [2.45, 2.75) is 0 Å². The number of nitrogens with one attached hydrogen (secondary N) is 1. The Hall–Kier alpha value is -2.90. The Labute approximate surface area is 161 Å². The number of hydrogen-bond donors (Lipinski definition) is 1. The van der Waals surface area contributed by atoms with Crippen LogP contribution < -0.4 is 10.2 Å². The van der Waals surface area contributed by atoms with Gasteiger partial charge in [0.15, 0.2) is 5.69 Å². The molecule has 4 rings (SSSR count). The van der Waals surface area contributed by atoms with E-state index in [1.54, 1.807) is 0 Å². The van der Waals surface area contributed by atoms with E-state index >= 15 is 0 Å². The second-order valence-electron chi connectivity index (χ2n) is 6.04. The van der Waals surface area contributed by atoms with Gasteiger partial charge in [0.2, 0.25) is 0 Å². The van der Waals surface area contributed by atoms with E-state index in [9.17, 15) is 4.79 Å². The molecule has 0 aliphatic carbocycles. The van der Waals surface area contributed by atoms with Crippen molar-refractivity contribution in [2.24, 2.45) is 0 Å². The minimum absolute atomic E-state index is 0.228. The largest absolute Gasteiger partial charge is 0.378 e. The molecule has 0 spiro atoms. The van der Waals surface area contributed by atoms with Crippen LogP contribution in [0.3, 0.4) is 0 Å². The van der Waals surface area contributed by atoms with Gasteiger partial charge in [-0.15, -0.1) is 5.10 Å². The van der Waals surface area contributed by atoms with E-state index in [1.165, 1.54) is 11.0 Å². The van der Waals surface area contributed by atoms with Gasteiger partial charge in [0.1, 0.15) is 0 Å². The Morgan fingerprint density at radius 3 is 2.63 bits per heavy atom. The lowest BCUT2D eigenvalue weighted by atomic mass is 10.2. The third-order valence-corrected chi connectivity index (χ3v) is 4.58. The number of amides is 1. The third-order valence-electron chi connectivity index (χ3n) is 4.27. The number of benzene rings is 2. The summed E-state index contributed by atoms with van der Waals surface area (Å²) < 4.78 is 5.40. The molecule has 3 aromatic rings. The van der Waals surface area contributed by atoms with Crippen LogP contribution in [0.5, 0.6) is 0 Å². The molecule has 1 amide bonds. The SMILES string of the molecule is O=C(Nc1cccc(Cl)c1N1CCOCC1)c1cnn(-c2ccccc2)n1. The van der Waals surface area contributed by atoms with Gasteiger partial charge < -0.3 is 15.0 Å². The van der Waals surface area contributed by atoms with Crippen molar-refractivity contribution >= 4 is 28.9 Å². The van der Waals surface area contributed by atoms with Crippen molar-refractivity contribution in [1.82, 2.24) is 15.0 Å². The molecule has 1 fully saturated rings. The zero-order valence-electron chi connectivity index (χ0n) is 14.5. The molecule has 8 heteroatoms. The lowest BCUT2D eigenvalue weighted by Gasteiger charge is -2.31. The number of nitrogens with zero attached hydrogens (tertiary/aromatic N) is 4. The van der Waals surface area contributed by atoms with E-state index in [0.717, 1.165) is 24.5 Å². The molecular formula is C19H18ClN5O2. The number of hydrogen-bond acceptors (Lipinski definition) is 5. The molecule has 0 atom stereocenters. The highest BCUT2D eigenvalue weighted by molar-refractivity contribution is 6.34. The molecule has 0 unspecified atom stereocenters. The number of carbonyl (C=O) groups is 1. The minimum atomic E-state index is -0.339. The number of ether oxygens (including phenoxy) is 1. The Morgan fingerprint density at radius 2 is 1.85 bits per heavy atom. The maximum Gasteiger partial charge on any atom is 0.277 e. The normalized spacial score (nSPS) is 14.2. The number of halogens is 1. The second kappa shape index (κ2) is 7.77. The molecule has 1 aromatic heterocycles. The Morgan fingerprint density at radius 1 is 1.07 bits per heavy atom. The summed E-state index contributed by atoms with van der Waals surface area (Å²) in [6.45, 7) is 2.70. The van der Waals surface area contributed by atoms with Crippen LogP contribution in [0.25, 0.3) is 5.69 Å². The van der Waals surface area contributed by atoms with Gasteiger partial charge >= 0.3 is 0 Å². The molecule has 2 heterocycles. The standard InChI is InChI=1S/C19H18ClN5O2/c20-15-7-4-8-16(18(15)24-9-11-27-12-10-24)22-19(26)17-13-21-25(23-17)14-5-2-1-3-6-14/h1-8,13H,9-12H2,(H,22,26).